The Kier molecular flexibility index (Phi) is 8.00. The summed E-state index contributed by atoms with van der Waals surface area (Å²) in [5.74, 6) is -2.92. The number of carbonyl (C=O) groups excluding carboxylic acids is 3. The highest BCUT2D eigenvalue weighted by Crippen LogP contribution is 2.37. The zero-order chi connectivity index (χ0) is 22.4. The van der Waals surface area contributed by atoms with Crippen LogP contribution in [0.25, 0.3) is 0 Å². The first-order valence-electron chi connectivity index (χ1n) is 7.83. The second kappa shape index (κ2) is 9.58. The molecule has 0 N–H and O–H groups in total. The topological polar surface area (TPSA) is 122 Å². The summed E-state index contributed by atoms with van der Waals surface area (Å²) in [5.41, 5.74) is -6.25. The number of hydrogen-bond acceptors (Lipinski definition) is 9. The molecule has 0 fully saturated rings. The number of ether oxygens (including phenoxy) is 3. The number of rotatable bonds is 9. The molecule has 1 aromatic carbocycles. The van der Waals surface area contributed by atoms with Crippen LogP contribution in [0.2, 0.25) is 0 Å². The summed E-state index contributed by atoms with van der Waals surface area (Å²) in [6.45, 7) is 2.88. The molecule has 1 aromatic rings. The Hall–Kier alpha value is -2.83. The van der Waals surface area contributed by atoms with Crippen LogP contribution in [0, 0.1) is 0 Å². The molecule has 1 atom stereocenters. The highest BCUT2D eigenvalue weighted by Gasteiger charge is 2.49. The Labute approximate surface area is 163 Å². The molecule has 0 heterocycles. The van der Waals surface area contributed by atoms with Gasteiger partial charge in [-0.15, -0.1) is 0 Å². The van der Waals surface area contributed by atoms with Crippen LogP contribution in [0.4, 0.5) is 13.2 Å². The summed E-state index contributed by atoms with van der Waals surface area (Å²) < 4.78 is 79.7. The van der Waals surface area contributed by atoms with Gasteiger partial charge < -0.3 is 18.4 Å². The van der Waals surface area contributed by atoms with Gasteiger partial charge in [0.1, 0.15) is 19.3 Å². The van der Waals surface area contributed by atoms with Crippen molar-refractivity contribution in [2.75, 3.05) is 6.61 Å². The van der Waals surface area contributed by atoms with Gasteiger partial charge in [-0.05, 0) is 24.6 Å². The summed E-state index contributed by atoms with van der Waals surface area (Å²) in [5, 5.41) is 0. The predicted molar refractivity (Wildman–Crippen MR) is 89.6 cm³/mol. The van der Waals surface area contributed by atoms with Crippen molar-refractivity contribution in [2.45, 2.75) is 39.0 Å². The lowest BCUT2D eigenvalue weighted by Gasteiger charge is -2.20. The average Bonchev–Trinajstić information content (AvgIpc) is 2.58. The van der Waals surface area contributed by atoms with Gasteiger partial charge in [-0.2, -0.15) is 21.6 Å². The van der Waals surface area contributed by atoms with E-state index in [9.17, 15) is 36.0 Å². The molecule has 0 amide bonds. The third-order valence-corrected chi connectivity index (χ3v) is 3.99. The third-order valence-electron chi connectivity index (χ3n) is 3.04. The average molecular weight is 442 g/mol. The van der Waals surface area contributed by atoms with Crippen molar-refractivity contribution < 1.29 is 54.4 Å². The second-order valence-electron chi connectivity index (χ2n) is 5.62. The number of aldehydes is 1. The number of hydrogen-bond donors (Lipinski definition) is 0. The number of alkyl halides is 3. The first-order chi connectivity index (χ1) is 13.3. The molecule has 1 rings (SSSR count). The van der Waals surface area contributed by atoms with Gasteiger partial charge >= 0.3 is 27.6 Å². The Balaban J connectivity index is 3.39. The Morgan fingerprint density at radius 2 is 1.72 bits per heavy atom. The molecule has 0 spiro atoms. The zero-order valence-corrected chi connectivity index (χ0v) is 16.3. The molecule has 1 unspecified atom stereocenters. The van der Waals surface area contributed by atoms with E-state index in [0.29, 0.717) is 0 Å². The quantitative estimate of drug-likeness (QED) is 0.245. The van der Waals surface area contributed by atoms with Crippen LogP contribution in [0.5, 0.6) is 11.5 Å². The minimum Gasteiger partial charge on any atom is -0.483 e. The lowest BCUT2D eigenvalue weighted by atomic mass is 10.1. The molecule has 162 valence electrons. The highest BCUT2D eigenvalue weighted by atomic mass is 32.2. The van der Waals surface area contributed by atoms with Crippen LogP contribution in [-0.2, 0) is 35.8 Å². The van der Waals surface area contributed by atoms with E-state index in [1.165, 1.54) is 6.92 Å². The fraction of sp³-hybridized carbons (Fsp3) is 0.438. The van der Waals surface area contributed by atoms with E-state index in [2.05, 4.69) is 4.18 Å². The van der Waals surface area contributed by atoms with E-state index in [1.807, 2.05) is 0 Å². The first-order valence-corrected chi connectivity index (χ1v) is 9.24. The molecular weight excluding hydrogens is 425 g/mol. The van der Waals surface area contributed by atoms with Crippen molar-refractivity contribution in [3.05, 3.63) is 23.3 Å². The summed E-state index contributed by atoms with van der Waals surface area (Å²) >= 11 is 0. The SMILES string of the molecule is CC(=O)OCc1cc(C=O)c(OS(=O)(=O)C(F)(F)F)c(OC(C)COC(C)=O)c1. The number of benzene rings is 1. The third kappa shape index (κ3) is 7.25. The molecule has 0 aliphatic rings. The maximum Gasteiger partial charge on any atom is 0.534 e. The molecule has 9 nitrogen and oxygen atoms in total. The van der Waals surface area contributed by atoms with E-state index in [0.717, 1.165) is 26.0 Å². The van der Waals surface area contributed by atoms with Crippen molar-refractivity contribution in [3.63, 3.8) is 0 Å². The van der Waals surface area contributed by atoms with Crippen molar-refractivity contribution in [1.29, 1.82) is 0 Å². The fourth-order valence-electron chi connectivity index (χ4n) is 1.86. The Morgan fingerprint density at radius 1 is 1.14 bits per heavy atom. The van der Waals surface area contributed by atoms with E-state index >= 15 is 0 Å². The molecule has 0 aromatic heterocycles. The Morgan fingerprint density at radius 3 is 2.21 bits per heavy atom. The Bertz CT molecular complexity index is 878. The summed E-state index contributed by atoms with van der Waals surface area (Å²) in [4.78, 5) is 33.1. The predicted octanol–water partition coefficient (Wildman–Crippen LogP) is 2.12. The maximum absolute atomic E-state index is 12.7. The van der Waals surface area contributed by atoms with Gasteiger partial charge in [-0.25, -0.2) is 0 Å². The second-order valence-corrected chi connectivity index (χ2v) is 7.16. The summed E-state index contributed by atoms with van der Waals surface area (Å²) in [6.07, 6.45) is -0.916. The standard InChI is InChI=1S/C16H17F3O9S/c1-9(7-25-10(2)21)27-14-5-12(8-26-11(3)22)4-13(6-20)15(14)28-29(23,24)16(17,18)19/h4-6,9H,7-8H2,1-3H3. The summed E-state index contributed by atoms with van der Waals surface area (Å²) in [7, 11) is -6.12. The number of halogens is 3. The van der Waals surface area contributed by atoms with E-state index < -0.39 is 50.7 Å². The summed E-state index contributed by atoms with van der Waals surface area (Å²) in [6, 6.07) is 2.00. The van der Waals surface area contributed by atoms with Gasteiger partial charge in [-0.3, -0.25) is 14.4 Å². The van der Waals surface area contributed by atoms with Crippen LogP contribution < -0.4 is 8.92 Å². The van der Waals surface area contributed by atoms with Gasteiger partial charge in [0.05, 0.1) is 5.56 Å². The number of carbonyl (C=O) groups is 3. The maximum atomic E-state index is 12.7. The molecule has 0 radical (unpaired) electrons. The van der Waals surface area contributed by atoms with Crippen molar-refractivity contribution in [2.24, 2.45) is 0 Å². The molecule has 0 saturated carbocycles. The van der Waals surface area contributed by atoms with Gasteiger partial charge in [0, 0.05) is 13.8 Å². The molecule has 0 aliphatic carbocycles. The smallest absolute Gasteiger partial charge is 0.483 e. The highest BCUT2D eigenvalue weighted by molar-refractivity contribution is 7.88. The normalized spacial score (nSPS) is 12.6. The lowest BCUT2D eigenvalue weighted by molar-refractivity contribution is -0.143. The van der Waals surface area contributed by atoms with Gasteiger partial charge in [0.15, 0.2) is 17.8 Å². The van der Waals surface area contributed by atoms with E-state index in [1.54, 1.807) is 0 Å². The van der Waals surface area contributed by atoms with E-state index in [-0.39, 0.29) is 25.1 Å². The van der Waals surface area contributed by atoms with Gasteiger partial charge in [0.2, 0.25) is 0 Å². The molecular formula is C16H17F3O9S. The van der Waals surface area contributed by atoms with Crippen LogP contribution in [-0.4, -0.2) is 44.9 Å². The van der Waals surface area contributed by atoms with Crippen molar-refractivity contribution >= 4 is 28.3 Å². The fourth-order valence-corrected chi connectivity index (χ4v) is 2.35. The molecule has 0 aliphatic heterocycles. The lowest BCUT2D eigenvalue weighted by Crippen LogP contribution is -2.29. The molecule has 13 heteroatoms. The van der Waals surface area contributed by atoms with Crippen LogP contribution in [0.1, 0.15) is 36.7 Å². The van der Waals surface area contributed by atoms with Crippen LogP contribution in [0.15, 0.2) is 12.1 Å². The molecule has 0 saturated heterocycles. The van der Waals surface area contributed by atoms with Gasteiger partial charge in [0.25, 0.3) is 0 Å². The van der Waals surface area contributed by atoms with Crippen molar-refractivity contribution in [3.8, 4) is 11.5 Å². The van der Waals surface area contributed by atoms with Crippen LogP contribution >= 0.6 is 0 Å². The minimum atomic E-state index is -6.12. The number of esters is 2. The van der Waals surface area contributed by atoms with Crippen molar-refractivity contribution in [1.82, 2.24) is 0 Å². The van der Waals surface area contributed by atoms with Crippen LogP contribution in [0.3, 0.4) is 0 Å². The minimum absolute atomic E-state index is 0.0437. The van der Waals surface area contributed by atoms with E-state index in [4.69, 9.17) is 14.2 Å². The molecule has 29 heavy (non-hydrogen) atoms. The zero-order valence-electron chi connectivity index (χ0n) is 15.4. The first kappa shape index (κ1) is 24.2. The van der Waals surface area contributed by atoms with Gasteiger partial charge in [-0.1, -0.05) is 0 Å². The largest absolute Gasteiger partial charge is 0.534 e. The molecule has 0 bridgehead atoms. The monoisotopic (exact) mass is 442 g/mol.